The first kappa shape index (κ1) is 19.8. The van der Waals surface area contributed by atoms with E-state index in [0.29, 0.717) is 31.9 Å². The standard InChI is InChI=1S/C17H27N3O4S/c1-15-3-5-16(6-4-15)17(21)18-7-8-20(25(2,22)23)10-9-19-11-13-24-14-12-19/h3-6H,7-14H2,1-2H3,(H,18,21). The highest BCUT2D eigenvalue weighted by molar-refractivity contribution is 7.88. The molecule has 1 saturated heterocycles. The number of hydrogen-bond donors (Lipinski definition) is 1. The molecule has 1 aromatic carbocycles. The van der Waals surface area contributed by atoms with E-state index in [2.05, 4.69) is 10.2 Å². The van der Waals surface area contributed by atoms with Gasteiger partial charge in [0, 0.05) is 44.8 Å². The third kappa shape index (κ3) is 6.74. The van der Waals surface area contributed by atoms with E-state index in [9.17, 15) is 13.2 Å². The summed E-state index contributed by atoms with van der Waals surface area (Å²) in [5.41, 5.74) is 1.66. The normalized spacial score (nSPS) is 16.1. The van der Waals surface area contributed by atoms with Gasteiger partial charge in [-0.25, -0.2) is 8.42 Å². The molecule has 1 aromatic rings. The van der Waals surface area contributed by atoms with Gasteiger partial charge in [0.2, 0.25) is 10.0 Å². The second-order valence-electron chi connectivity index (χ2n) is 6.24. The molecule has 25 heavy (non-hydrogen) atoms. The van der Waals surface area contributed by atoms with Gasteiger partial charge < -0.3 is 10.1 Å². The number of nitrogens with zero attached hydrogens (tertiary/aromatic N) is 2. The largest absolute Gasteiger partial charge is 0.379 e. The third-order valence-electron chi connectivity index (χ3n) is 4.20. The van der Waals surface area contributed by atoms with Crippen LogP contribution >= 0.6 is 0 Å². The lowest BCUT2D eigenvalue weighted by molar-refractivity contribution is 0.0363. The molecule has 0 bridgehead atoms. The van der Waals surface area contributed by atoms with Crippen molar-refractivity contribution in [2.75, 3.05) is 58.7 Å². The molecule has 1 aliphatic heterocycles. The lowest BCUT2D eigenvalue weighted by Crippen LogP contribution is -2.44. The van der Waals surface area contributed by atoms with E-state index in [0.717, 1.165) is 18.7 Å². The molecule has 0 aliphatic carbocycles. The summed E-state index contributed by atoms with van der Waals surface area (Å²) in [7, 11) is -3.31. The van der Waals surface area contributed by atoms with Crippen molar-refractivity contribution in [3.8, 4) is 0 Å². The number of nitrogens with one attached hydrogen (secondary N) is 1. The molecule has 140 valence electrons. The molecule has 0 unspecified atom stereocenters. The molecule has 0 saturated carbocycles. The maximum atomic E-state index is 12.1. The van der Waals surface area contributed by atoms with Gasteiger partial charge in [-0.3, -0.25) is 9.69 Å². The van der Waals surface area contributed by atoms with Crippen LogP contribution in [0.25, 0.3) is 0 Å². The van der Waals surface area contributed by atoms with Gasteiger partial charge in [0.15, 0.2) is 0 Å². The molecule has 8 heteroatoms. The number of benzene rings is 1. The Labute approximate surface area is 150 Å². The average Bonchev–Trinajstić information content (AvgIpc) is 2.58. The Hall–Kier alpha value is -1.48. The van der Waals surface area contributed by atoms with Crippen LogP contribution in [0, 0.1) is 6.92 Å². The number of rotatable bonds is 8. The first-order valence-corrected chi connectivity index (χ1v) is 10.3. The van der Waals surface area contributed by atoms with Crippen LogP contribution in [0.5, 0.6) is 0 Å². The van der Waals surface area contributed by atoms with Gasteiger partial charge >= 0.3 is 0 Å². The van der Waals surface area contributed by atoms with Crippen molar-refractivity contribution in [1.29, 1.82) is 0 Å². The molecule has 7 nitrogen and oxygen atoms in total. The third-order valence-corrected chi connectivity index (χ3v) is 5.50. The fraction of sp³-hybridized carbons (Fsp3) is 0.588. The minimum Gasteiger partial charge on any atom is -0.379 e. The fourth-order valence-corrected chi connectivity index (χ4v) is 3.46. The van der Waals surface area contributed by atoms with Crippen LogP contribution in [0.3, 0.4) is 0 Å². The zero-order chi connectivity index (χ0) is 18.3. The van der Waals surface area contributed by atoms with E-state index in [1.165, 1.54) is 10.6 Å². The molecule has 1 N–H and O–H groups in total. The Balaban J connectivity index is 1.81. The lowest BCUT2D eigenvalue weighted by Gasteiger charge is -2.29. The number of morpholine rings is 1. The van der Waals surface area contributed by atoms with Crippen LogP contribution in [0.4, 0.5) is 0 Å². The maximum Gasteiger partial charge on any atom is 0.251 e. The van der Waals surface area contributed by atoms with Crippen molar-refractivity contribution >= 4 is 15.9 Å². The molecule has 0 aromatic heterocycles. The molecule has 0 spiro atoms. The quantitative estimate of drug-likeness (QED) is 0.714. The van der Waals surface area contributed by atoms with Crippen molar-refractivity contribution in [3.05, 3.63) is 35.4 Å². The SMILES string of the molecule is Cc1ccc(C(=O)NCCN(CCN2CCOCC2)S(C)(=O)=O)cc1. The summed E-state index contributed by atoms with van der Waals surface area (Å²) in [6.07, 6.45) is 1.20. The molecular weight excluding hydrogens is 342 g/mol. The summed E-state index contributed by atoms with van der Waals surface area (Å²) in [5.74, 6) is -0.193. The minimum absolute atomic E-state index is 0.193. The molecule has 1 aliphatic rings. The lowest BCUT2D eigenvalue weighted by atomic mass is 10.1. The number of ether oxygens (including phenoxy) is 1. The highest BCUT2D eigenvalue weighted by Crippen LogP contribution is 2.04. The summed E-state index contributed by atoms with van der Waals surface area (Å²) < 4.78 is 30.6. The number of amides is 1. The first-order chi connectivity index (χ1) is 11.9. The second kappa shape index (κ2) is 9.28. The number of carbonyl (C=O) groups excluding carboxylic acids is 1. The van der Waals surface area contributed by atoms with Gasteiger partial charge in [-0.2, -0.15) is 4.31 Å². The van der Waals surface area contributed by atoms with Gasteiger partial charge in [0.1, 0.15) is 0 Å². The van der Waals surface area contributed by atoms with Crippen molar-refractivity contribution in [3.63, 3.8) is 0 Å². The Kier molecular flexibility index (Phi) is 7.37. The Morgan fingerprint density at radius 3 is 2.44 bits per heavy atom. The van der Waals surface area contributed by atoms with E-state index in [-0.39, 0.29) is 19.0 Å². The van der Waals surface area contributed by atoms with Crippen LogP contribution in [-0.2, 0) is 14.8 Å². The van der Waals surface area contributed by atoms with Crippen molar-refractivity contribution in [2.45, 2.75) is 6.92 Å². The zero-order valence-corrected chi connectivity index (χ0v) is 15.7. The minimum atomic E-state index is -3.31. The average molecular weight is 369 g/mol. The predicted octanol–water partition coefficient (Wildman–Crippen LogP) is 0.319. The molecule has 1 fully saturated rings. The summed E-state index contributed by atoms with van der Waals surface area (Å²) in [4.78, 5) is 14.3. The Bertz CT molecular complexity index is 655. The molecule has 0 atom stereocenters. The van der Waals surface area contributed by atoms with Gasteiger partial charge in [0.05, 0.1) is 19.5 Å². The van der Waals surface area contributed by atoms with E-state index in [1.807, 2.05) is 19.1 Å². The number of aryl methyl sites for hydroxylation is 1. The van der Waals surface area contributed by atoms with E-state index >= 15 is 0 Å². The summed E-state index contributed by atoms with van der Waals surface area (Å²) in [6.45, 7) is 6.60. The van der Waals surface area contributed by atoms with Gasteiger partial charge in [-0.05, 0) is 19.1 Å². The van der Waals surface area contributed by atoms with Crippen LogP contribution in [0.1, 0.15) is 15.9 Å². The second-order valence-corrected chi connectivity index (χ2v) is 8.22. The monoisotopic (exact) mass is 369 g/mol. The molecule has 1 amide bonds. The molecular formula is C17H27N3O4S. The Morgan fingerprint density at radius 2 is 1.84 bits per heavy atom. The maximum absolute atomic E-state index is 12.1. The van der Waals surface area contributed by atoms with Gasteiger partial charge in [-0.15, -0.1) is 0 Å². The number of carbonyl (C=O) groups is 1. The van der Waals surface area contributed by atoms with E-state index < -0.39 is 10.0 Å². The summed E-state index contributed by atoms with van der Waals surface area (Å²) >= 11 is 0. The van der Waals surface area contributed by atoms with E-state index in [4.69, 9.17) is 4.74 Å². The van der Waals surface area contributed by atoms with E-state index in [1.54, 1.807) is 12.1 Å². The molecule has 1 heterocycles. The topological polar surface area (TPSA) is 79.0 Å². The van der Waals surface area contributed by atoms with Crippen molar-refractivity contribution in [2.24, 2.45) is 0 Å². The highest BCUT2D eigenvalue weighted by atomic mass is 32.2. The zero-order valence-electron chi connectivity index (χ0n) is 14.9. The Morgan fingerprint density at radius 1 is 1.20 bits per heavy atom. The van der Waals surface area contributed by atoms with Crippen LogP contribution in [0.2, 0.25) is 0 Å². The summed E-state index contributed by atoms with van der Waals surface area (Å²) in [5, 5.41) is 2.78. The van der Waals surface area contributed by atoms with Crippen molar-refractivity contribution < 1.29 is 17.9 Å². The van der Waals surface area contributed by atoms with Crippen LogP contribution in [0.15, 0.2) is 24.3 Å². The first-order valence-electron chi connectivity index (χ1n) is 8.46. The fourth-order valence-electron chi connectivity index (χ4n) is 2.62. The molecule has 0 radical (unpaired) electrons. The number of hydrogen-bond acceptors (Lipinski definition) is 5. The number of sulfonamides is 1. The molecule has 2 rings (SSSR count). The van der Waals surface area contributed by atoms with Gasteiger partial charge in [-0.1, -0.05) is 17.7 Å². The van der Waals surface area contributed by atoms with Gasteiger partial charge in [0.25, 0.3) is 5.91 Å². The van der Waals surface area contributed by atoms with Crippen LogP contribution in [-0.4, -0.2) is 82.3 Å². The smallest absolute Gasteiger partial charge is 0.251 e. The predicted molar refractivity (Wildman–Crippen MR) is 97.2 cm³/mol. The summed E-state index contributed by atoms with van der Waals surface area (Å²) in [6, 6.07) is 7.27. The van der Waals surface area contributed by atoms with Crippen molar-refractivity contribution in [1.82, 2.24) is 14.5 Å². The van der Waals surface area contributed by atoms with Crippen LogP contribution < -0.4 is 5.32 Å². The highest BCUT2D eigenvalue weighted by Gasteiger charge is 2.19.